The lowest BCUT2D eigenvalue weighted by molar-refractivity contribution is 0.173. The Morgan fingerprint density at radius 3 is 2.65 bits per heavy atom. The third-order valence-electron chi connectivity index (χ3n) is 4.52. The van der Waals surface area contributed by atoms with Gasteiger partial charge in [0.15, 0.2) is 0 Å². The van der Waals surface area contributed by atoms with Crippen LogP contribution in [0.5, 0.6) is 5.75 Å². The van der Waals surface area contributed by atoms with Crippen LogP contribution < -0.4 is 15.4 Å². The standard InChI is InChI=1S/C19H25N3O/c1-23-19-9-5-8-17(12-19)22-11-10-21(18(13-20)15-22)14-16-6-3-2-4-7-16/h2-9,12,18H,10-11,13-15,20H2,1H3. The largest absolute Gasteiger partial charge is 0.497 e. The van der Waals surface area contributed by atoms with Gasteiger partial charge in [-0.15, -0.1) is 0 Å². The highest BCUT2D eigenvalue weighted by atomic mass is 16.5. The summed E-state index contributed by atoms with van der Waals surface area (Å²) in [5, 5.41) is 0. The van der Waals surface area contributed by atoms with Gasteiger partial charge in [0, 0.05) is 50.5 Å². The van der Waals surface area contributed by atoms with E-state index in [-0.39, 0.29) is 0 Å². The number of ether oxygens (including phenoxy) is 1. The van der Waals surface area contributed by atoms with E-state index in [9.17, 15) is 0 Å². The molecule has 1 aliphatic rings. The molecule has 4 heteroatoms. The van der Waals surface area contributed by atoms with Crippen LogP contribution in [0, 0.1) is 0 Å². The van der Waals surface area contributed by atoms with Crippen LogP contribution >= 0.6 is 0 Å². The summed E-state index contributed by atoms with van der Waals surface area (Å²) >= 11 is 0. The van der Waals surface area contributed by atoms with Crippen molar-refractivity contribution in [2.45, 2.75) is 12.6 Å². The van der Waals surface area contributed by atoms with Crippen LogP contribution in [-0.2, 0) is 6.54 Å². The molecule has 0 amide bonds. The Bertz CT molecular complexity index is 617. The molecule has 1 fully saturated rings. The van der Waals surface area contributed by atoms with Gasteiger partial charge in [-0.1, -0.05) is 36.4 Å². The van der Waals surface area contributed by atoms with E-state index < -0.39 is 0 Å². The zero-order chi connectivity index (χ0) is 16.1. The molecule has 2 aromatic rings. The Labute approximate surface area is 138 Å². The number of hydrogen-bond acceptors (Lipinski definition) is 4. The number of nitrogens with two attached hydrogens (primary N) is 1. The van der Waals surface area contributed by atoms with E-state index in [0.29, 0.717) is 12.6 Å². The molecule has 0 radical (unpaired) electrons. The number of anilines is 1. The van der Waals surface area contributed by atoms with E-state index in [1.807, 2.05) is 12.1 Å². The van der Waals surface area contributed by atoms with Crippen LogP contribution in [0.2, 0.25) is 0 Å². The van der Waals surface area contributed by atoms with Gasteiger partial charge in [0.1, 0.15) is 5.75 Å². The van der Waals surface area contributed by atoms with E-state index in [0.717, 1.165) is 31.9 Å². The Morgan fingerprint density at radius 1 is 1.09 bits per heavy atom. The summed E-state index contributed by atoms with van der Waals surface area (Å²) in [7, 11) is 1.71. The molecule has 0 aromatic heterocycles. The Hall–Kier alpha value is -2.04. The highest BCUT2D eigenvalue weighted by Crippen LogP contribution is 2.24. The monoisotopic (exact) mass is 311 g/mol. The van der Waals surface area contributed by atoms with Crippen LogP contribution in [-0.4, -0.2) is 44.2 Å². The predicted octanol–water partition coefficient (Wildman–Crippen LogP) is 2.34. The summed E-state index contributed by atoms with van der Waals surface area (Å²) in [6.45, 7) is 4.63. The molecule has 1 unspecified atom stereocenters. The van der Waals surface area contributed by atoms with Crippen molar-refractivity contribution >= 4 is 5.69 Å². The highest BCUT2D eigenvalue weighted by Gasteiger charge is 2.26. The van der Waals surface area contributed by atoms with Crippen molar-refractivity contribution < 1.29 is 4.74 Å². The molecule has 1 atom stereocenters. The zero-order valence-electron chi connectivity index (χ0n) is 13.7. The number of benzene rings is 2. The fourth-order valence-electron chi connectivity index (χ4n) is 3.18. The first-order valence-corrected chi connectivity index (χ1v) is 8.17. The topological polar surface area (TPSA) is 41.7 Å². The molecule has 0 spiro atoms. The fourth-order valence-corrected chi connectivity index (χ4v) is 3.18. The average molecular weight is 311 g/mol. The maximum absolute atomic E-state index is 6.05. The molecule has 0 bridgehead atoms. The molecule has 1 aliphatic heterocycles. The minimum Gasteiger partial charge on any atom is -0.497 e. The first-order valence-electron chi connectivity index (χ1n) is 8.17. The summed E-state index contributed by atoms with van der Waals surface area (Å²) in [5.74, 6) is 0.901. The second-order valence-corrected chi connectivity index (χ2v) is 5.99. The third kappa shape index (κ3) is 3.84. The van der Waals surface area contributed by atoms with Crippen LogP contribution in [0.4, 0.5) is 5.69 Å². The van der Waals surface area contributed by atoms with Gasteiger partial charge in [0.2, 0.25) is 0 Å². The Balaban J connectivity index is 1.68. The lowest BCUT2D eigenvalue weighted by Gasteiger charge is -2.42. The molecule has 1 saturated heterocycles. The van der Waals surface area contributed by atoms with Crippen molar-refractivity contribution in [3.05, 3.63) is 60.2 Å². The van der Waals surface area contributed by atoms with E-state index >= 15 is 0 Å². The Morgan fingerprint density at radius 2 is 1.91 bits per heavy atom. The summed E-state index contributed by atoms with van der Waals surface area (Å²) in [5.41, 5.74) is 8.61. The molecule has 0 saturated carbocycles. The van der Waals surface area contributed by atoms with Gasteiger partial charge < -0.3 is 15.4 Å². The van der Waals surface area contributed by atoms with Gasteiger partial charge in [-0.25, -0.2) is 0 Å². The van der Waals surface area contributed by atoms with E-state index in [1.54, 1.807) is 7.11 Å². The minimum absolute atomic E-state index is 0.371. The quantitative estimate of drug-likeness (QED) is 0.920. The third-order valence-corrected chi connectivity index (χ3v) is 4.52. The van der Waals surface area contributed by atoms with Gasteiger partial charge >= 0.3 is 0 Å². The van der Waals surface area contributed by atoms with Crippen LogP contribution in [0.3, 0.4) is 0 Å². The van der Waals surface area contributed by atoms with Gasteiger partial charge in [-0.3, -0.25) is 4.90 Å². The molecule has 2 aromatic carbocycles. The molecule has 23 heavy (non-hydrogen) atoms. The summed E-state index contributed by atoms with van der Waals surface area (Å²) in [6.07, 6.45) is 0. The first kappa shape index (κ1) is 15.8. The lowest BCUT2D eigenvalue weighted by atomic mass is 10.1. The number of methoxy groups -OCH3 is 1. The summed E-state index contributed by atoms with van der Waals surface area (Å²) in [6, 6.07) is 19.3. The van der Waals surface area contributed by atoms with Crippen molar-refractivity contribution in [1.82, 2.24) is 4.90 Å². The minimum atomic E-state index is 0.371. The van der Waals surface area contributed by atoms with Crippen LogP contribution in [0.15, 0.2) is 54.6 Å². The average Bonchev–Trinajstić information content (AvgIpc) is 2.63. The summed E-state index contributed by atoms with van der Waals surface area (Å²) < 4.78 is 5.34. The van der Waals surface area contributed by atoms with Crippen molar-refractivity contribution in [1.29, 1.82) is 0 Å². The second kappa shape index (κ2) is 7.49. The number of nitrogens with zero attached hydrogens (tertiary/aromatic N) is 2. The van der Waals surface area contributed by atoms with Gasteiger partial charge in [0.25, 0.3) is 0 Å². The lowest BCUT2D eigenvalue weighted by Crippen LogP contribution is -2.55. The first-order chi connectivity index (χ1) is 11.3. The van der Waals surface area contributed by atoms with Crippen LogP contribution in [0.1, 0.15) is 5.56 Å². The zero-order valence-corrected chi connectivity index (χ0v) is 13.7. The Kier molecular flexibility index (Phi) is 5.16. The van der Waals surface area contributed by atoms with Gasteiger partial charge in [-0.2, -0.15) is 0 Å². The molecule has 1 heterocycles. The van der Waals surface area contributed by atoms with Crippen molar-refractivity contribution in [3.8, 4) is 5.75 Å². The van der Waals surface area contributed by atoms with E-state index in [4.69, 9.17) is 10.5 Å². The van der Waals surface area contributed by atoms with E-state index in [1.165, 1.54) is 11.3 Å². The van der Waals surface area contributed by atoms with Gasteiger partial charge in [-0.05, 0) is 17.7 Å². The number of hydrogen-bond donors (Lipinski definition) is 1. The van der Waals surface area contributed by atoms with Crippen molar-refractivity contribution in [3.63, 3.8) is 0 Å². The van der Waals surface area contributed by atoms with Gasteiger partial charge in [0.05, 0.1) is 7.11 Å². The number of piperazine rings is 1. The highest BCUT2D eigenvalue weighted by molar-refractivity contribution is 5.51. The van der Waals surface area contributed by atoms with Crippen molar-refractivity contribution in [2.75, 3.05) is 38.2 Å². The fraction of sp³-hybridized carbons (Fsp3) is 0.368. The molecule has 4 nitrogen and oxygen atoms in total. The molecular formula is C19H25N3O. The number of rotatable bonds is 5. The summed E-state index contributed by atoms with van der Waals surface area (Å²) in [4.78, 5) is 4.90. The maximum Gasteiger partial charge on any atom is 0.120 e. The predicted molar refractivity (Wildman–Crippen MR) is 94.9 cm³/mol. The van der Waals surface area contributed by atoms with Crippen molar-refractivity contribution in [2.24, 2.45) is 5.73 Å². The second-order valence-electron chi connectivity index (χ2n) is 5.99. The SMILES string of the molecule is COc1cccc(N2CCN(Cc3ccccc3)C(CN)C2)c1. The maximum atomic E-state index is 6.05. The molecular weight excluding hydrogens is 286 g/mol. The van der Waals surface area contributed by atoms with Crippen LogP contribution in [0.25, 0.3) is 0 Å². The molecule has 0 aliphatic carbocycles. The van der Waals surface area contributed by atoms with E-state index in [2.05, 4.69) is 52.3 Å². The molecule has 3 rings (SSSR count). The molecule has 2 N–H and O–H groups in total. The molecule has 122 valence electrons. The smallest absolute Gasteiger partial charge is 0.120 e. The normalized spacial score (nSPS) is 18.9.